The average molecular weight is 259 g/mol. The molecule has 1 heterocycles. The van der Waals surface area contributed by atoms with Crippen LogP contribution in [0.15, 0.2) is 18.3 Å². The molecule has 1 fully saturated rings. The summed E-state index contributed by atoms with van der Waals surface area (Å²) < 4.78 is 5.72. The van der Waals surface area contributed by atoms with Gasteiger partial charge >= 0.3 is 0 Å². The van der Waals surface area contributed by atoms with Gasteiger partial charge < -0.3 is 10.1 Å². The van der Waals surface area contributed by atoms with Crippen LogP contribution in [0.4, 0.5) is 0 Å². The summed E-state index contributed by atoms with van der Waals surface area (Å²) in [6, 6.07) is 6.37. The first-order valence-electron chi connectivity index (χ1n) is 6.78. The molecule has 2 atom stereocenters. The fourth-order valence-electron chi connectivity index (χ4n) is 2.63. The quantitative estimate of drug-likeness (QED) is 0.881. The van der Waals surface area contributed by atoms with Crippen LogP contribution < -0.4 is 5.32 Å². The third kappa shape index (κ3) is 2.78. The molecule has 1 N–H and O–H groups in total. The van der Waals surface area contributed by atoms with Crippen molar-refractivity contribution in [1.82, 2.24) is 10.3 Å². The Morgan fingerprint density at radius 1 is 1.58 bits per heavy atom. The van der Waals surface area contributed by atoms with Crippen molar-refractivity contribution in [3.63, 3.8) is 0 Å². The number of pyridine rings is 1. The summed E-state index contributed by atoms with van der Waals surface area (Å²) in [5.41, 5.74) is 1.61. The zero-order chi connectivity index (χ0) is 13.9. The van der Waals surface area contributed by atoms with E-state index < -0.39 is 0 Å². The molecule has 1 aromatic rings. The summed E-state index contributed by atoms with van der Waals surface area (Å²) in [5.74, 6) is 0. The third-order valence-electron chi connectivity index (χ3n) is 4.08. The molecule has 0 aromatic carbocycles. The minimum absolute atomic E-state index is 0.144. The number of nitrogens with one attached hydrogen (secondary N) is 1. The van der Waals surface area contributed by atoms with Gasteiger partial charge in [0.25, 0.3) is 0 Å². The Labute approximate surface area is 114 Å². The molecule has 0 amide bonds. The highest BCUT2D eigenvalue weighted by molar-refractivity contribution is 5.30. The fraction of sp³-hybridized carbons (Fsp3) is 0.600. The zero-order valence-corrected chi connectivity index (χ0v) is 11.8. The molecule has 1 aliphatic rings. The van der Waals surface area contributed by atoms with Gasteiger partial charge in [-0.3, -0.25) is 0 Å². The number of nitriles is 1. The molecule has 0 saturated heterocycles. The minimum atomic E-state index is 0.144. The summed E-state index contributed by atoms with van der Waals surface area (Å²) in [6.07, 6.45) is 3.02. The molecular weight excluding hydrogens is 238 g/mol. The minimum Gasteiger partial charge on any atom is -0.378 e. The van der Waals surface area contributed by atoms with Gasteiger partial charge in [0.05, 0.1) is 6.10 Å². The highest BCUT2D eigenvalue weighted by Crippen LogP contribution is 2.42. The van der Waals surface area contributed by atoms with E-state index >= 15 is 0 Å². The van der Waals surface area contributed by atoms with Crippen LogP contribution in [0.2, 0.25) is 0 Å². The standard InChI is InChI=1S/C15H21N3O/c1-4-19-14-8-13(15(14,2)3)18-10-11-6-5-7-17-12(11)9-16/h5-7,13-14,18H,4,8,10H2,1-3H3. The Balaban J connectivity index is 1.92. The van der Waals surface area contributed by atoms with Crippen molar-refractivity contribution in [3.05, 3.63) is 29.6 Å². The average Bonchev–Trinajstić information content (AvgIpc) is 2.42. The molecule has 0 bridgehead atoms. The maximum atomic E-state index is 9.01. The van der Waals surface area contributed by atoms with Crippen molar-refractivity contribution in [3.8, 4) is 6.07 Å². The van der Waals surface area contributed by atoms with Gasteiger partial charge in [0.2, 0.25) is 0 Å². The number of aromatic nitrogens is 1. The molecule has 0 radical (unpaired) electrons. The summed E-state index contributed by atoms with van der Waals surface area (Å²) in [7, 11) is 0. The topological polar surface area (TPSA) is 57.9 Å². The van der Waals surface area contributed by atoms with E-state index in [1.165, 1.54) is 0 Å². The number of hydrogen-bond acceptors (Lipinski definition) is 4. The van der Waals surface area contributed by atoms with Crippen LogP contribution >= 0.6 is 0 Å². The van der Waals surface area contributed by atoms with Gasteiger partial charge in [0.15, 0.2) is 0 Å². The normalized spacial score (nSPS) is 24.5. The maximum Gasteiger partial charge on any atom is 0.144 e. The van der Waals surface area contributed by atoms with E-state index in [9.17, 15) is 0 Å². The second-order valence-corrected chi connectivity index (χ2v) is 5.56. The highest BCUT2D eigenvalue weighted by atomic mass is 16.5. The van der Waals surface area contributed by atoms with Crippen molar-refractivity contribution < 1.29 is 4.74 Å². The molecule has 19 heavy (non-hydrogen) atoms. The predicted octanol–water partition coefficient (Wildman–Crippen LogP) is 2.25. The summed E-state index contributed by atoms with van der Waals surface area (Å²) in [4.78, 5) is 4.07. The fourth-order valence-corrected chi connectivity index (χ4v) is 2.63. The Hall–Kier alpha value is -1.44. The Morgan fingerprint density at radius 3 is 3.00 bits per heavy atom. The highest BCUT2D eigenvalue weighted by Gasteiger charge is 2.48. The molecular formula is C15H21N3O. The van der Waals surface area contributed by atoms with Crippen molar-refractivity contribution in [2.45, 2.75) is 45.9 Å². The summed E-state index contributed by atoms with van der Waals surface area (Å²) in [5, 5.41) is 12.5. The Kier molecular flexibility index (Phi) is 4.18. The van der Waals surface area contributed by atoms with E-state index in [2.05, 4.69) is 30.2 Å². The Bertz CT molecular complexity index is 479. The van der Waals surface area contributed by atoms with Crippen LogP contribution in [0.25, 0.3) is 0 Å². The number of ether oxygens (including phenoxy) is 1. The molecule has 0 aliphatic heterocycles. The molecule has 0 spiro atoms. The van der Waals surface area contributed by atoms with Crippen LogP contribution in [0.3, 0.4) is 0 Å². The van der Waals surface area contributed by atoms with Crippen molar-refractivity contribution in [2.75, 3.05) is 6.61 Å². The SMILES string of the molecule is CCOC1CC(NCc2cccnc2C#N)C1(C)C. The monoisotopic (exact) mass is 259 g/mol. The first-order chi connectivity index (χ1) is 9.09. The van der Waals surface area contributed by atoms with Crippen molar-refractivity contribution >= 4 is 0 Å². The molecule has 2 rings (SSSR count). The number of rotatable bonds is 5. The van der Waals surface area contributed by atoms with Crippen LogP contribution in [-0.4, -0.2) is 23.7 Å². The first-order valence-corrected chi connectivity index (χ1v) is 6.78. The molecule has 102 valence electrons. The van der Waals surface area contributed by atoms with E-state index in [1.807, 2.05) is 19.1 Å². The van der Waals surface area contributed by atoms with Gasteiger partial charge in [-0.25, -0.2) is 4.98 Å². The van der Waals surface area contributed by atoms with Crippen LogP contribution in [0.1, 0.15) is 38.4 Å². The summed E-state index contributed by atoms with van der Waals surface area (Å²) >= 11 is 0. The van der Waals surface area contributed by atoms with Gasteiger partial charge in [-0.1, -0.05) is 19.9 Å². The lowest BCUT2D eigenvalue weighted by Crippen LogP contribution is -2.60. The van der Waals surface area contributed by atoms with Gasteiger partial charge in [-0.05, 0) is 19.4 Å². The summed E-state index contributed by atoms with van der Waals surface area (Å²) in [6.45, 7) is 7.93. The smallest absolute Gasteiger partial charge is 0.144 e. The van der Waals surface area contributed by atoms with Crippen LogP contribution in [0.5, 0.6) is 0 Å². The molecule has 1 aromatic heterocycles. The van der Waals surface area contributed by atoms with E-state index in [0.29, 0.717) is 24.4 Å². The molecule has 4 heteroatoms. The van der Waals surface area contributed by atoms with E-state index in [4.69, 9.17) is 10.00 Å². The van der Waals surface area contributed by atoms with E-state index in [1.54, 1.807) is 6.20 Å². The van der Waals surface area contributed by atoms with Crippen molar-refractivity contribution in [1.29, 1.82) is 5.26 Å². The third-order valence-corrected chi connectivity index (χ3v) is 4.08. The number of nitrogens with zero attached hydrogens (tertiary/aromatic N) is 2. The second-order valence-electron chi connectivity index (χ2n) is 5.56. The second kappa shape index (κ2) is 5.68. The van der Waals surface area contributed by atoms with E-state index in [-0.39, 0.29) is 5.41 Å². The predicted molar refractivity (Wildman–Crippen MR) is 73.4 cm³/mol. The van der Waals surface area contributed by atoms with Crippen molar-refractivity contribution in [2.24, 2.45) is 5.41 Å². The zero-order valence-electron chi connectivity index (χ0n) is 11.8. The van der Waals surface area contributed by atoms with E-state index in [0.717, 1.165) is 18.6 Å². The largest absolute Gasteiger partial charge is 0.378 e. The van der Waals surface area contributed by atoms with Gasteiger partial charge in [-0.2, -0.15) is 5.26 Å². The lowest BCUT2D eigenvalue weighted by molar-refractivity contribution is -0.114. The van der Waals surface area contributed by atoms with Crippen LogP contribution in [0, 0.1) is 16.7 Å². The maximum absolute atomic E-state index is 9.01. The van der Waals surface area contributed by atoms with Gasteiger partial charge in [-0.15, -0.1) is 0 Å². The molecule has 1 aliphatic carbocycles. The van der Waals surface area contributed by atoms with Gasteiger partial charge in [0.1, 0.15) is 11.8 Å². The molecule has 2 unspecified atom stereocenters. The van der Waals surface area contributed by atoms with Gasteiger partial charge in [0, 0.05) is 36.4 Å². The molecule has 4 nitrogen and oxygen atoms in total. The first kappa shape index (κ1) is 14.0. The lowest BCUT2D eigenvalue weighted by Gasteiger charge is -2.52. The number of hydrogen-bond donors (Lipinski definition) is 1. The lowest BCUT2D eigenvalue weighted by atomic mass is 9.64. The van der Waals surface area contributed by atoms with Crippen LogP contribution in [-0.2, 0) is 11.3 Å². The molecule has 1 saturated carbocycles. The Morgan fingerprint density at radius 2 is 2.37 bits per heavy atom.